The van der Waals surface area contributed by atoms with Crippen LogP contribution in [0.3, 0.4) is 0 Å². The van der Waals surface area contributed by atoms with E-state index in [1.807, 2.05) is 18.2 Å². The third-order valence-electron chi connectivity index (χ3n) is 2.37. The number of amides is 1. The van der Waals surface area contributed by atoms with E-state index in [-0.39, 0.29) is 10.7 Å². The van der Waals surface area contributed by atoms with Crippen molar-refractivity contribution in [1.29, 1.82) is 0 Å². The van der Waals surface area contributed by atoms with Gasteiger partial charge in [-0.25, -0.2) is 4.79 Å². The van der Waals surface area contributed by atoms with E-state index in [0.29, 0.717) is 6.54 Å². The highest BCUT2D eigenvalue weighted by molar-refractivity contribution is 14.1. The monoisotopic (exact) mass is 349 g/mol. The normalized spacial score (nSPS) is 14.2. The highest BCUT2D eigenvalue weighted by Crippen LogP contribution is 2.36. The lowest BCUT2D eigenvalue weighted by Gasteiger charge is -2.11. The van der Waals surface area contributed by atoms with E-state index in [1.54, 1.807) is 0 Å². The zero-order valence-electron chi connectivity index (χ0n) is 9.23. The maximum absolute atomic E-state index is 11.0. The number of hydrogen-bond donors (Lipinski definition) is 1. The number of alkyl carbamates (subject to hydrolysis) is 1. The van der Waals surface area contributed by atoms with Crippen molar-refractivity contribution in [2.45, 2.75) is 3.92 Å². The lowest BCUT2D eigenvalue weighted by atomic mass is 10.1. The van der Waals surface area contributed by atoms with Gasteiger partial charge in [0.25, 0.3) is 0 Å². The summed E-state index contributed by atoms with van der Waals surface area (Å²) in [4.78, 5) is 11.0. The van der Waals surface area contributed by atoms with Gasteiger partial charge in [0.1, 0.15) is 0 Å². The van der Waals surface area contributed by atoms with Crippen molar-refractivity contribution in [2.75, 3.05) is 20.4 Å². The summed E-state index contributed by atoms with van der Waals surface area (Å²) in [7, 11) is 1.35. The molecule has 0 fully saturated rings. The second-order valence-electron chi connectivity index (χ2n) is 3.45. The molecular weight excluding hydrogens is 337 g/mol. The van der Waals surface area contributed by atoms with Crippen LogP contribution in [-0.4, -0.2) is 26.5 Å². The number of carbonyl (C=O) groups excluding carboxylic acids is 1. The Morgan fingerprint density at radius 3 is 3.06 bits per heavy atom. The summed E-state index contributed by atoms with van der Waals surface area (Å²) in [5.41, 5.74) is 1.08. The van der Waals surface area contributed by atoms with Crippen LogP contribution in [0.25, 0.3) is 0 Å². The van der Waals surface area contributed by atoms with Crippen LogP contribution in [0.15, 0.2) is 18.2 Å². The van der Waals surface area contributed by atoms with Crippen LogP contribution < -0.4 is 14.8 Å². The van der Waals surface area contributed by atoms with Gasteiger partial charge >= 0.3 is 6.09 Å². The van der Waals surface area contributed by atoms with E-state index in [1.165, 1.54) is 7.11 Å². The van der Waals surface area contributed by atoms with Gasteiger partial charge < -0.3 is 19.5 Å². The molecule has 1 atom stereocenters. The van der Waals surface area contributed by atoms with E-state index in [0.717, 1.165) is 17.1 Å². The minimum Gasteiger partial charge on any atom is -0.454 e. The molecule has 0 saturated carbocycles. The molecule has 1 aromatic rings. The molecule has 0 spiro atoms. The molecule has 0 bridgehead atoms. The molecule has 1 N–H and O–H groups in total. The molecule has 92 valence electrons. The number of carbonyl (C=O) groups is 1. The van der Waals surface area contributed by atoms with Crippen LogP contribution in [0.2, 0.25) is 0 Å². The van der Waals surface area contributed by atoms with Crippen molar-refractivity contribution in [3.63, 3.8) is 0 Å². The number of nitrogens with one attached hydrogen (secondary N) is 1. The predicted molar refractivity (Wildman–Crippen MR) is 69.7 cm³/mol. The fourth-order valence-corrected chi connectivity index (χ4v) is 2.08. The van der Waals surface area contributed by atoms with Gasteiger partial charge in [0.2, 0.25) is 6.79 Å². The second-order valence-corrected chi connectivity index (χ2v) is 4.96. The molecule has 1 amide bonds. The number of halogens is 1. The van der Waals surface area contributed by atoms with Gasteiger partial charge in [0.15, 0.2) is 11.5 Å². The molecule has 1 aliphatic rings. The van der Waals surface area contributed by atoms with Crippen molar-refractivity contribution in [3.8, 4) is 11.5 Å². The standard InChI is InChI=1S/C11H12INO4/c1-15-11(14)13-5-8(12)7-2-3-9-10(4-7)17-6-16-9/h2-4,8H,5-6H2,1H3,(H,13,14). The minimum atomic E-state index is -0.424. The molecular formula is C11H12INO4. The summed E-state index contributed by atoms with van der Waals surface area (Å²) in [5, 5.41) is 2.66. The van der Waals surface area contributed by atoms with Crippen LogP contribution in [0, 0.1) is 0 Å². The Labute approximate surface area is 113 Å². The Balaban J connectivity index is 1.99. The Bertz CT molecular complexity index is 424. The molecule has 1 aliphatic heterocycles. The van der Waals surface area contributed by atoms with Gasteiger partial charge in [0, 0.05) is 6.54 Å². The third kappa shape index (κ3) is 2.93. The van der Waals surface area contributed by atoms with Crippen molar-refractivity contribution in [1.82, 2.24) is 5.32 Å². The maximum atomic E-state index is 11.0. The summed E-state index contributed by atoms with van der Waals surface area (Å²) in [6, 6.07) is 5.77. The molecule has 1 unspecified atom stereocenters. The van der Waals surface area contributed by atoms with E-state index >= 15 is 0 Å². The number of fused-ring (bicyclic) bond motifs is 1. The largest absolute Gasteiger partial charge is 0.454 e. The fourth-order valence-electron chi connectivity index (χ4n) is 1.47. The molecule has 1 aromatic carbocycles. The highest BCUT2D eigenvalue weighted by atomic mass is 127. The van der Waals surface area contributed by atoms with Gasteiger partial charge in [-0.15, -0.1) is 0 Å². The van der Waals surface area contributed by atoms with Crippen LogP contribution in [0.1, 0.15) is 9.49 Å². The van der Waals surface area contributed by atoms with Crippen LogP contribution in [0.4, 0.5) is 4.79 Å². The third-order valence-corrected chi connectivity index (χ3v) is 3.53. The van der Waals surface area contributed by atoms with Crippen LogP contribution in [0.5, 0.6) is 11.5 Å². The zero-order chi connectivity index (χ0) is 12.3. The molecule has 1 heterocycles. The van der Waals surface area contributed by atoms with Gasteiger partial charge in [-0.2, -0.15) is 0 Å². The average molecular weight is 349 g/mol. The first kappa shape index (κ1) is 12.3. The first-order valence-corrected chi connectivity index (χ1v) is 6.30. The first-order valence-electron chi connectivity index (χ1n) is 5.06. The summed E-state index contributed by atoms with van der Waals surface area (Å²) in [6.45, 7) is 0.776. The SMILES string of the molecule is COC(=O)NCC(I)c1ccc2c(c1)OCO2. The average Bonchev–Trinajstić information content (AvgIpc) is 2.82. The smallest absolute Gasteiger partial charge is 0.406 e. The van der Waals surface area contributed by atoms with Crippen molar-refractivity contribution < 1.29 is 19.0 Å². The Hall–Kier alpha value is -1.18. The Morgan fingerprint density at radius 2 is 2.29 bits per heavy atom. The van der Waals surface area contributed by atoms with Crippen LogP contribution >= 0.6 is 22.6 Å². The van der Waals surface area contributed by atoms with Crippen LogP contribution in [-0.2, 0) is 4.74 Å². The second kappa shape index (κ2) is 5.44. The van der Waals surface area contributed by atoms with E-state index in [9.17, 15) is 4.79 Å². The number of hydrogen-bond acceptors (Lipinski definition) is 4. The maximum Gasteiger partial charge on any atom is 0.406 e. The predicted octanol–water partition coefficient (Wildman–Crippen LogP) is 2.25. The molecule has 0 saturated heterocycles. The van der Waals surface area contributed by atoms with Crippen molar-refractivity contribution in [3.05, 3.63) is 23.8 Å². The minimum absolute atomic E-state index is 0.154. The Kier molecular flexibility index (Phi) is 3.93. The number of alkyl halides is 1. The lowest BCUT2D eigenvalue weighted by molar-refractivity contribution is 0.171. The van der Waals surface area contributed by atoms with E-state index in [4.69, 9.17) is 9.47 Å². The van der Waals surface area contributed by atoms with E-state index in [2.05, 4.69) is 32.6 Å². The molecule has 6 heteroatoms. The molecule has 5 nitrogen and oxygen atoms in total. The molecule has 0 aromatic heterocycles. The van der Waals surface area contributed by atoms with Crippen molar-refractivity contribution >= 4 is 28.7 Å². The number of methoxy groups -OCH3 is 1. The number of benzene rings is 1. The van der Waals surface area contributed by atoms with Gasteiger partial charge in [-0.3, -0.25) is 0 Å². The molecule has 2 rings (SSSR count). The summed E-state index contributed by atoms with van der Waals surface area (Å²) in [6.07, 6.45) is -0.424. The summed E-state index contributed by atoms with van der Waals surface area (Å²) in [5.74, 6) is 1.51. The summed E-state index contributed by atoms with van der Waals surface area (Å²) < 4.78 is 15.2. The quantitative estimate of drug-likeness (QED) is 0.672. The topological polar surface area (TPSA) is 56.8 Å². The van der Waals surface area contributed by atoms with Crippen molar-refractivity contribution in [2.24, 2.45) is 0 Å². The fraction of sp³-hybridized carbons (Fsp3) is 0.364. The summed E-state index contributed by atoms with van der Waals surface area (Å²) >= 11 is 2.26. The van der Waals surface area contributed by atoms with Gasteiger partial charge in [-0.1, -0.05) is 28.7 Å². The number of rotatable bonds is 3. The van der Waals surface area contributed by atoms with Gasteiger partial charge in [-0.05, 0) is 17.7 Å². The highest BCUT2D eigenvalue weighted by Gasteiger charge is 2.16. The first-order chi connectivity index (χ1) is 8.20. The lowest BCUT2D eigenvalue weighted by Crippen LogP contribution is -2.26. The molecule has 0 aliphatic carbocycles. The number of ether oxygens (including phenoxy) is 3. The molecule has 0 radical (unpaired) electrons. The Morgan fingerprint density at radius 1 is 1.53 bits per heavy atom. The molecule has 17 heavy (non-hydrogen) atoms. The zero-order valence-corrected chi connectivity index (χ0v) is 11.4. The van der Waals surface area contributed by atoms with E-state index < -0.39 is 6.09 Å². The van der Waals surface area contributed by atoms with Gasteiger partial charge in [0.05, 0.1) is 11.0 Å².